The Morgan fingerprint density at radius 2 is 2.06 bits per heavy atom. The number of hydrogen-bond donors (Lipinski definition) is 0. The number of nitrogens with zero attached hydrogens (tertiary/aromatic N) is 1. The molecule has 1 aromatic heterocycles. The molecule has 0 fully saturated rings. The molecule has 1 amide bonds. The number of amides is 1. The fourth-order valence-electron chi connectivity index (χ4n) is 1.66. The van der Waals surface area contributed by atoms with Crippen LogP contribution in [0.3, 0.4) is 0 Å². The van der Waals surface area contributed by atoms with Gasteiger partial charge in [0, 0.05) is 21.8 Å². The van der Waals surface area contributed by atoms with E-state index in [9.17, 15) is 4.79 Å². The molecule has 4 heteroatoms. The summed E-state index contributed by atoms with van der Waals surface area (Å²) in [6.45, 7) is 0.669. The molecule has 94 valence electrons. The molecular formula is C14H14BrNOS. The van der Waals surface area contributed by atoms with Gasteiger partial charge in [-0.2, -0.15) is 0 Å². The van der Waals surface area contributed by atoms with Crippen molar-refractivity contribution in [1.82, 2.24) is 4.90 Å². The van der Waals surface area contributed by atoms with E-state index in [0.717, 1.165) is 10.0 Å². The summed E-state index contributed by atoms with van der Waals surface area (Å²) < 4.78 is 1.08. The first-order valence-electron chi connectivity index (χ1n) is 5.66. The van der Waals surface area contributed by atoms with Crippen LogP contribution in [0.1, 0.15) is 10.4 Å². The molecule has 0 aliphatic carbocycles. The molecule has 0 bridgehead atoms. The zero-order valence-electron chi connectivity index (χ0n) is 10.1. The van der Waals surface area contributed by atoms with Gasteiger partial charge in [-0.3, -0.25) is 4.79 Å². The van der Waals surface area contributed by atoms with Gasteiger partial charge in [0.2, 0.25) is 5.91 Å². The maximum Gasteiger partial charge on any atom is 0.227 e. The van der Waals surface area contributed by atoms with Crippen LogP contribution in [-0.2, 0) is 17.8 Å². The van der Waals surface area contributed by atoms with Gasteiger partial charge in [-0.1, -0.05) is 30.3 Å². The van der Waals surface area contributed by atoms with Crippen LogP contribution in [0.4, 0.5) is 0 Å². The van der Waals surface area contributed by atoms with Crippen molar-refractivity contribution in [2.45, 2.75) is 13.0 Å². The van der Waals surface area contributed by atoms with E-state index >= 15 is 0 Å². The largest absolute Gasteiger partial charge is 0.340 e. The Bertz CT molecular complexity index is 524. The third-order valence-corrected chi connectivity index (χ3v) is 4.32. The lowest BCUT2D eigenvalue weighted by molar-refractivity contribution is -0.129. The van der Waals surface area contributed by atoms with Crippen molar-refractivity contribution in [2.24, 2.45) is 0 Å². The van der Waals surface area contributed by atoms with Crippen molar-refractivity contribution >= 4 is 33.2 Å². The van der Waals surface area contributed by atoms with Gasteiger partial charge in [-0.05, 0) is 27.6 Å². The predicted molar refractivity (Wildman–Crippen MR) is 78.6 cm³/mol. The molecule has 0 aliphatic heterocycles. The molecular weight excluding hydrogens is 310 g/mol. The first-order valence-corrected chi connectivity index (χ1v) is 7.33. The molecule has 0 spiro atoms. The first-order chi connectivity index (χ1) is 8.65. The van der Waals surface area contributed by atoms with Crippen molar-refractivity contribution in [3.63, 3.8) is 0 Å². The minimum Gasteiger partial charge on any atom is -0.340 e. The van der Waals surface area contributed by atoms with Crippen LogP contribution < -0.4 is 0 Å². The van der Waals surface area contributed by atoms with Gasteiger partial charge in [0.05, 0.1) is 13.0 Å². The zero-order valence-corrected chi connectivity index (χ0v) is 12.5. The van der Waals surface area contributed by atoms with Gasteiger partial charge in [0.15, 0.2) is 0 Å². The number of rotatable bonds is 4. The summed E-state index contributed by atoms with van der Waals surface area (Å²) in [4.78, 5) is 15.0. The molecule has 2 nitrogen and oxygen atoms in total. The Morgan fingerprint density at radius 3 is 2.67 bits per heavy atom. The van der Waals surface area contributed by atoms with Crippen molar-refractivity contribution in [3.05, 3.63) is 56.7 Å². The average Bonchev–Trinajstić information content (AvgIpc) is 2.76. The lowest BCUT2D eigenvalue weighted by Gasteiger charge is -2.16. The highest BCUT2D eigenvalue weighted by atomic mass is 79.9. The minimum atomic E-state index is 0.144. The Morgan fingerprint density at radius 1 is 1.33 bits per heavy atom. The highest BCUT2D eigenvalue weighted by Gasteiger charge is 2.10. The summed E-state index contributed by atoms with van der Waals surface area (Å²) >= 11 is 5.08. The van der Waals surface area contributed by atoms with Gasteiger partial charge in [0.1, 0.15) is 0 Å². The van der Waals surface area contributed by atoms with E-state index in [2.05, 4.69) is 22.0 Å². The van der Waals surface area contributed by atoms with Gasteiger partial charge in [0.25, 0.3) is 0 Å². The molecule has 0 radical (unpaired) electrons. The number of carbonyl (C=O) groups excluding carboxylic acids is 1. The highest BCUT2D eigenvalue weighted by Crippen LogP contribution is 2.21. The maximum absolute atomic E-state index is 12.0. The van der Waals surface area contributed by atoms with Crippen LogP contribution in [0, 0.1) is 0 Å². The van der Waals surface area contributed by atoms with Gasteiger partial charge < -0.3 is 4.90 Å². The summed E-state index contributed by atoms with van der Waals surface area (Å²) in [5.74, 6) is 0.144. The molecule has 0 saturated carbocycles. The van der Waals surface area contributed by atoms with Gasteiger partial charge >= 0.3 is 0 Å². The summed E-state index contributed by atoms with van der Waals surface area (Å²) in [5.41, 5.74) is 1.06. The van der Waals surface area contributed by atoms with E-state index in [1.165, 1.54) is 4.88 Å². The molecule has 0 saturated heterocycles. The van der Waals surface area contributed by atoms with Crippen LogP contribution in [0.25, 0.3) is 0 Å². The summed E-state index contributed by atoms with van der Waals surface area (Å²) in [6, 6.07) is 11.9. The summed E-state index contributed by atoms with van der Waals surface area (Å²) in [7, 11) is 1.85. The van der Waals surface area contributed by atoms with E-state index in [-0.39, 0.29) is 5.91 Å². The second-order valence-corrected chi connectivity index (χ2v) is 6.05. The first kappa shape index (κ1) is 13.3. The molecule has 1 aromatic carbocycles. The normalized spacial score (nSPS) is 10.3. The van der Waals surface area contributed by atoms with Crippen molar-refractivity contribution in [1.29, 1.82) is 0 Å². The summed E-state index contributed by atoms with van der Waals surface area (Å²) in [6.07, 6.45) is 0.462. The van der Waals surface area contributed by atoms with Crippen molar-refractivity contribution in [3.8, 4) is 0 Å². The minimum absolute atomic E-state index is 0.144. The van der Waals surface area contributed by atoms with E-state index < -0.39 is 0 Å². The fourth-order valence-corrected chi connectivity index (χ4v) is 3.17. The molecule has 0 aliphatic rings. The lowest BCUT2D eigenvalue weighted by atomic mass is 10.1. The molecule has 2 aromatic rings. The van der Waals surface area contributed by atoms with Gasteiger partial charge in [-0.15, -0.1) is 11.3 Å². The second kappa shape index (κ2) is 6.16. The fraction of sp³-hybridized carbons (Fsp3) is 0.214. The van der Waals surface area contributed by atoms with Crippen LogP contribution in [0.15, 0.2) is 46.3 Å². The van der Waals surface area contributed by atoms with Crippen molar-refractivity contribution < 1.29 is 4.79 Å². The smallest absolute Gasteiger partial charge is 0.227 e. The van der Waals surface area contributed by atoms with Crippen LogP contribution in [-0.4, -0.2) is 17.9 Å². The predicted octanol–water partition coefficient (Wildman–Crippen LogP) is 3.71. The zero-order chi connectivity index (χ0) is 13.0. The second-order valence-electron chi connectivity index (χ2n) is 4.14. The Labute approximate surface area is 119 Å². The van der Waals surface area contributed by atoms with Crippen molar-refractivity contribution in [2.75, 3.05) is 7.05 Å². The lowest BCUT2D eigenvalue weighted by Crippen LogP contribution is -2.27. The van der Waals surface area contributed by atoms with E-state index in [1.54, 1.807) is 16.2 Å². The van der Waals surface area contributed by atoms with Gasteiger partial charge in [-0.25, -0.2) is 0 Å². The number of carbonyl (C=O) groups is 1. The number of likely N-dealkylation sites (N-methyl/N-ethyl adjacent to an activating group) is 1. The van der Waals surface area contributed by atoms with Crippen LogP contribution in [0.5, 0.6) is 0 Å². The van der Waals surface area contributed by atoms with E-state index in [4.69, 9.17) is 0 Å². The van der Waals surface area contributed by atoms with Crippen LogP contribution >= 0.6 is 27.3 Å². The molecule has 0 atom stereocenters. The number of halogens is 1. The number of benzene rings is 1. The topological polar surface area (TPSA) is 20.3 Å². The molecule has 1 heterocycles. The maximum atomic E-state index is 12.0. The summed E-state index contributed by atoms with van der Waals surface area (Å²) in [5, 5.41) is 2.03. The Balaban J connectivity index is 1.93. The third-order valence-electron chi connectivity index (χ3n) is 2.64. The standard InChI is InChI=1S/C14H14BrNOS/c1-16(9-13-8-12(15)10-18-13)14(17)7-11-5-3-2-4-6-11/h2-6,8,10H,7,9H2,1H3. The number of thiophene rings is 1. The molecule has 18 heavy (non-hydrogen) atoms. The molecule has 2 rings (SSSR count). The molecule has 0 unspecified atom stereocenters. The van der Waals surface area contributed by atoms with E-state index in [1.807, 2.05) is 42.8 Å². The quantitative estimate of drug-likeness (QED) is 0.839. The molecule has 0 N–H and O–H groups in total. The average molecular weight is 324 g/mol. The Hall–Kier alpha value is -1.13. The Kier molecular flexibility index (Phi) is 4.55. The number of hydrogen-bond acceptors (Lipinski definition) is 2. The SMILES string of the molecule is CN(Cc1cc(Br)cs1)C(=O)Cc1ccccc1. The van der Waals surface area contributed by atoms with Crippen LogP contribution in [0.2, 0.25) is 0 Å². The van der Waals surface area contributed by atoms with E-state index in [0.29, 0.717) is 13.0 Å². The third kappa shape index (κ3) is 3.68. The highest BCUT2D eigenvalue weighted by molar-refractivity contribution is 9.10. The monoisotopic (exact) mass is 323 g/mol.